The fourth-order valence-corrected chi connectivity index (χ4v) is 2.48. The first kappa shape index (κ1) is 13.9. The highest BCUT2D eigenvalue weighted by molar-refractivity contribution is 4.85. The molecule has 3 nitrogen and oxygen atoms in total. The van der Waals surface area contributed by atoms with Crippen molar-refractivity contribution in [2.24, 2.45) is 5.41 Å². The largest absolute Gasteiger partial charge is 0.396 e. The molecular formula is C13H27NO2. The average molecular weight is 229 g/mol. The van der Waals surface area contributed by atoms with Gasteiger partial charge in [-0.2, -0.15) is 0 Å². The van der Waals surface area contributed by atoms with Crippen LogP contribution >= 0.6 is 0 Å². The molecule has 1 rings (SSSR count). The number of nitrogens with one attached hydrogen (secondary N) is 1. The smallest absolute Gasteiger partial charge is 0.0693 e. The lowest BCUT2D eigenvalue weighted by Crippen LogP contribution is -2.47. The summed E-state index contributed by atoms with van der Waals surface area (Å²) in [4.78, 5) is 0. The normalized spacial score (nSPS) is 27.0. The highest BCUT2D eigenvalue weighted by Gasteiger charge is 2.29. The zero-order valence-electron chi connectivity index (χ0n) is 10.7. The minimum atomic E-state index is -0.196. The Balaban J connectivity index is 2.41. The zero-order valence-corrected chi connectivity index (χ0v) is 10.7. The number of hydrogen-bond donors (Lipinski definition) is 3. The Bertz CT molecular complexity index is 184. The second-order valence-electron chi connectivity index (χ2n) is 5.20. The second kappa shape index (κ2) is 6.58. The van der Waals surface area contributed by atoms with Gasteiger partial charge in [-0.15, -0.1) is 0 Å². The van der Waals surface area contributed by atoms with Crippen LogP contribution in [0.15, 0.2) is 0 Å². The number of aliphatic hydroxyl groups excluding tert-OH is 2. The van der Waals surface area contributed by atoms with Crippen molar-refractivity contribution in [1.29, 1.82) is 0 Å². The average Bonchev–Trinajstić information content (AvgIpc) is 2.34. The van der Waals surface area contributed by atoms with Crippen LogP contribution in [0.1, 0.15) is 52.4 Å². The van der Waals surface area contributed by atoms with Gasteiger partial charge in [-0.25, -0.2) is 0 Å². The van der Waals surface area contributed by atoms with Gasteiger partial charge in [0.2, 0.25) is 0 Å². The summed E-state index contributed by atoms with van der Waals surface area (Å²) in [5, 5.41) is 22.8. The third-order valence-corrected chi connectivity index (χ3v) is 4.30. The second-order valence-corrected chi connectivity index (χ2v) is 5.20. The Labute approximate surface area is 99.3 Å². The monoisotopic (exact) mass is 229 g/mol. The van der Waals surface area contributed by atoms with Crippen molar-refractivity contribution >= 4 is 0 Å². The topological polar surface area (TPSA) is 52.5 Å². The Hall–Kier alpha value is -0.120. The molecule has 16 heavy (non-hydrogen) atoms. The third-order valence-electron chi connectivity index (χ3n) is 4.30. The SMILES string of the molecule is CCC(CC)(CO)CN[C@H]1CCCC[C@@H]1O. The molecule has 1 aliphatic rings. The van der Waals surface area contributed by atoms with Crippen LogP contribution in [0.3, 0.4) is 0 Å². The van der Waals surface area contributed by atoms with Gasteiger partial charge >= 0.3 is 0 Å². The van der Waals surface area contributed by atoms with Crippen molar-refractivity contribution in [3.05, 3.63) is 0 Å². The molecule has 3 N–H and O–H groups in total. The molecule has 0 amide bonds. The van der Waals surface area contributed by atoms with E-state index in [1.807, 2.05) is 0 Å². The van der Waals surface area contributed by atoms with Crippen LogP contribution in [0, 0.1) is 5.41 Å². The van der Waals surface area contributed by atoms with Gasteiger partial charge in [-0.1, -0.05) is 26.7 Å². The van der Waals surface area contributed by atoms with E-state index in [-0.39, 0.29) is 24.2 Å². The molecule has 1 aliphatic carbocycles. The summed E-state index contributed by atoms with van der Waals surface area (Å²) in [5.74, 6) is 0. The summed E-state index contributed by atoms with van der Waals surface area (Å²) in [6.07, 6.45) is 6.11. The van der Waals surface area contributed by atoms with Crippen molar-refractivity contribution in [3.8, 4) is 0 Å². The van der Waals surface area contributed by atoms with Gasteiger partial charge in [0.15, 0.2) is 0 Å². The van der Waals surface area contributed by atoms with Gasteiger partial charge in [-0.3, -0.25) is 0 Å². The first-order valence-electron chi connectivity index (χ1n) is 6.69. The summed E-state index contributed by atoms with van der Waals surface area (Å²) in [5.41, 5.74) is -0.00281. The van der Waals surface area contributed by atoms with Gasteiger partial charge in [0.05, 0.1) is 6.10 Å². The Morgan fingerprint density at radius 1 is 1.19 bits per heavy atom. The van der Waals surface area contributed by atoms with Crippen molar-refractivity contribution < 1.29 is 10.2 Å². The van der Waals surface area contributed by atoms with E-state index in [1.54, 1.807) is 0 Å². The lowest BCUT2D eigenvalue weighted by Gasteiger charge is -2.35. The predicted molar refractivity (Wildman–Crippen MR) is 66.4 cm³/mol. The molecular weight excluding hydrogens is 202 g/mol. The van der Waals surface area contributed by atoms with Gasteiger partial charge < -0.3 is 15.5 Å². The van der Waals surface area contributed by atoms with Crippen LogP contribution < -0.4 is 5.32 Å². The molecule has 0 spiro atoms. The van der Waals surface area contributed by atoms with Gasteiger partial charge in [0.1, 0.15) is 0 Å². The maximum Gasteiger partial charge on any atom is 0.0693 e. The van der Waals surface area contributed by atoms with Crippen molar-refractivity contribution in [3.63, 3.8) is 0 Å². The maximum absolute atomic E-state index is 9.86. The molecule has 0 aromatic carbocycles. The summed E-state index contributed by atoms with van der Waals surface area (Å²) < 4.78 is 0. The van der Waals surface area contributed by atoms with E-state index in [4.69, 9.17) is 0 Å². The lowest BCUT2D eigenvalue weighted by atomic mass is 9.82. The minimum absolute atomic E-state index is 0.00281. The first-order chi connectivity index (χ1) is 7.67. The van der Waals surface area contributed by atoms with Gasteiger partial charge in [0, 0.05) is 24.6 Å². The fourth-order valence-electron chi connectivity index (χ4n) is 2.48. The van der Waals surface area contributed by atoms with Crippen LogP contribution in [-0.4, -0.2) is 35.5 Å². The van der Waals surface area contributed by atoms with E-state index in [2.05, 4.69) is 19.2 Å². The molecule has 0 aromatic rings. The Morgan fingerprint density at radius 3 is 2.31 bits per heavy atom. The molecule has 2 atom stereocenters. The number of rotatable bonds is 6. The minimum Gasteiger partial charge on any atom is -0.396 e. The van der Waals surface area contributed by atoms with Crippen molar-refractivity contribution in [2.75, 3.05) is 13.2 Å². The molecule has 3 heteroatoms. The first-order valence-corrected chi connectivity index (χ1v) is 6.69. The highest BCUT2D eigenvalue weighted by Crippen LogP contribution is 2.26. The maximum atomic E-state index is 9.86. The molecule has 1 fully saturated rings. The standard InChI is InChI=1S/C13H27NO2/c1-3-13(4-2,10-15)9-14-11-7-5-6-8-12(11)16/h11-12,14-16H,3-10H2,1-2H3/t11-,12-/m0/s1. The zero-order chi connectivity index (χ0) is 12.0. The van der Waals surface area contributed by atoms with E-state index < -0.39 is 0 Å². The summed E-state index contributed by atoms with van der Waals surface area (Å²) >= 11 is 0. The summed E-state index contributed by atoms with van der Waals surface area (Å²) in [6.45, 7) is 5.30. The Morgan fingerprint density at radius 2 is 1.81 bits per heavy atom. The predicted octanol–water partition coefficient (Wildman–Crippen LogP) is 1.68. The third kappa shape index (κ3) is 3.44. The molecule has 0 bridgehead atoms. The molecule has 1 saturated carbocycles. The van der Waals surface area contributed by atoms with Crippen LogP contribution in [0.2, 0.25) is 0 Å². The number of aliphatic hydroxyl groups is 2. The highest BCUT2D eigenvalue weighted by atomic mass is 16.3. The molecule has 0 aliphatic heterocycles. The summed E-state index contributed by atoms with van der Waals surface area (Å²) in [6, 6.07) is 0.234. The quantitative estimate of drug-likeness (QED) is 0.649. The van der Waals surface area contributed by atoms with Crippen LogP contribution in [0.4, 0.5) is 0 Å². The molecule has 0 heterocycles. The van der Waals surface area contributed by atoms with Crippen molar-refractivity contribution in [1.82, 2.24) is 5.32 Å². The Kier molecular flexibility index (Phi) is 5.73. The van der Waals surface area contributed by atoms with E-state index in [9.17, 15) is 10.2 Å². The van der Waals surface area contributed by atoms with E-state index in [0.29, 0.717) is 0 Å². The van der Waals surface area contributed by atoms with Gasteiger partial charge in [0.25, 0.3) is 0 Å². The van der Waals surface area contributed by atoms with Crippen LogP contribution in [0.25, 0.3) is 0 Å². The van der Waals surface area contributed by atoms with E-state index in [0.717, 1.165) is 38.6 Å². The molecule has 0 unspecified atom stereocenters. The van der Waals surface area contributed by atoms with E-state index in [1.165, 1.54) is 6.42 Å². The molecule has 0 radical (unpaired) electrons. The molecule has 96 valence electrons. The molecule has 0 aromatic heterocycles. The van der Waals surface area contributed by atoms with Crippen molar-refractivity contribution in [2.45, 2.75) is 64.5 Å². The fraction of sp³-hybridized carbons (Fsp3) is 1.00. The lowest BCUT2D eigenvalue weighted by molar-refractivity contribution is 0.0659. The van der Waals surface area contributed by atoms with Crippen LogP contribution in [-0.2, 0) is 0 Å². The molecule has 0 saturated heterocycles. The summed E-state index contributed by atoms with van der Waals surface area (Å²) in [7, 11) is 0. The van der Waals surface area contributed by atoms with E-state index >= 15 is 0 Å². The number of hydrogen-bond acceptors (Lipinski definition) is 3. The van der Waals surface area contributed by atoms with Gasteiger partial charge in [-0.05, 0) is 25.7 Å². The van der Waals surface area contributed by atoms with Crippen LogP contribution in [0.5, 0.6) is 0 Å².